The van der Waals surface area contributed by atoms with E-state index in [0.29, 0.717) is 18.0 Å². The number of urea groups is 1. The van der Waals surface area contributed by atoms with Crippen LogP contribution in [0.2, 0.25) is 0 Å². The summed E-state index contributed by atoms with van der Waals surface area (Å²) >= 11 is 0. The maximum Gasteiger partial charge on any atom is 0.317 e. The molecule has 0 spiro atoms. The fourth-order valence-corrected chi connectivity index (χ4v) is 2.59. The third kappa shape index (κ3) is 4.23. The van der Waals surface area contributed by atoms with Crippen molar-refractivity contribution >= 4 is 6.03 Å². The molecule has 0 fully saturated rings. The fourth-order valence-electron chi connectivity index (χ4n) is 2.59. The van der Waals surface area contributed by atoms with Crippen LogP contribution in [-0.4, -0.2) is 37.4 Å². The first-order valence-electron chi connectivity index (χ1n) is 8.02. The highest BCUT2D eigenvalue weighted by atomic mass is 16.5. The highest BCUT2D eigenvalue weighted by molar-refractivity contribution is 5.74. The number of benzene rings is 1. The molecule has 0 radical (unpaired) electrons. The first kappa shape index (κ1) is 18.6. The van der Waals surface area contributed by atoms with E-state index in [1.165, 1.54) is 0 Å². The maximum atomic E-state index is 12.5. The van der Waals surface area contributed by atoms with Crippen LogP contribution in [0.1, 0.15) is 35.5 Å². The van der Waals surface area contributed by atoms with Crippen molar-refractivity contribution in [3.63, 3.8) is 0 Å². The summed E-state index contributed by atoms with van der Waals surface area (Å²) in [4.78, 5) is 14.1. The number of methoxy groups -OCH3 is 2. The van der Waals surface area contributed by atoms with Crippen LogP contribution in [0.3, 0.4) is 0 Å². The molecule has 136 valence electrons. The number of hydrogen-bond acceptors (Lipinski definition) is 5. The molecule has 0 aliphatic rings. The zero-order valence-corrected chi connectivity index (χ0v) is 15.5. The van der Waals surface area contributed by atoms with Gasteiger partial charge in [-0.25, -0.2) is 4.79 Å². The minimum atomic E-state index is -0.246. The molecule has 0 saturated heterocycles. The van der Waals surface area contributed by atoms with Gasteiger partial charge in [0.25, 0.3) is 0 Å². The van der Waals surface area contributed by atoms with Crippen LogP contribution in [0.4, 0.5) is 4.79 Å². The van der Waals surface area contributed by atoms with Gasteiger partial charge < -0.3 is 24.2 Å². The number of amides is 2. The van der Waals surface area contributed by atoms with E-state index >= 15 is 0 Å². The number of rotatable bonds is 6. The van der Waals surface area contributed by atoms with Crippen molar-refractivity contribution in [3.05, 3.63) is 40.8 Å². The largest absolute Gasteiger partial charge is 0.497 e. The summed E-state index contributed by atoms with van der Waals surface area (Å²) < 4.78 is 15.8. The molecule has 1 heterocycles. The zero-order chi connectivity index (χ0) is 18.6. The van der Waals surface area contributed by atoms with E-state index < -0.39 is 0 Å². The number of nitrogens with one attached hydrogen (secondary N) is 1. The van der Waals surface area contributed by atoms with Crippen molar-refractivity contribution in [2.24, 2.45) is 0 Å². The molecule has 1 aromatic heterocycles. The molecule has 7 nitrogen and oxygen atoms in total. The van der Waals surface area contributed by atoms with E-state index in [9.17, 15) is 4.79 Å². The molecule has 2 amide bonds. The summed E-state index contributed by atoms with van der Waals surface area (Å²) in [5, 5.41) is 6.89. The molecule has 0 unspecified atom stereocenters. The van der Waals surface area contributed by atoms with Gasteiger partial charge in [-0.3, -0.25) is 0 Å². The van der Waals surface area contributed by atoms with Gasteiger partial charge in [-0.2, -0.15) is 0 Å². The minimum Gasteiger partial charge on any atom is -0.497 e. The zero-order valence-electron chi connectivity index (χ0n) is 15.5. The standard InChI is InChI=1S/C18H25N3O4/c1-11(15-9-14(23-5)7-8-17(15)24-6)19-18(22)21(4)10-16-12(2)20-25-13(16)3/h7-9,11H,10H2,1-6H3,(H,19,22)/t11-/m1/s1. The summed E-state index contributed by atoms with van der Waals surface area (Å²) in [6.07, 6.45) is 0. The number of aromatic nitrogens is 1. The third-order valence-corrected chi connectivity index (χ3v) is 4.17. The quantitative estimate of drug-likeness (QED) is 0.868. The Balaban J connectivity index is 2.09. The van der Waals surface area contributed by atoms with Crippen molar-refractivity contribution in [1.29, 1.82) is 0 Å². The smallest absolute Gasteiger partial charge is 0.317 e. The van der Waals surface area contributed by atoms with Crippen LogP contribution < -0.4 is 14.8 Å². The van der Waals surface area contributed by atoms with Crippen LogP contribution in [0, 0.1) is 13.8 Å². The first-order valence-corrected chi connectivity index (χ1v) is 8.02. The summed E-state index contributed by atoms with van der Waals surface area (Å²) in [5.41, 5.74) is 2.56. The Kier molecular flexibility index (Phi) is 5.90. The topological polar surface area (TPSA) is 76.8 Å². The van der Waals surface area contributed by atoms with Gasteiger partial charge >= 0.3 is 6.03 Å². The molecule has 1 atom stereocenters. The van der Waals surface area contributed by atoms with Crippen molar-refractivity contribution in [1.82, 2.24) is 15.4 Å². The molecular formula is C18H25N3O4. The van der Waals surface area contributed by atoms with Gasteiger partial charge in [-0.05, 0) is 39.0 Å². The van der Waals surface area contributed by atoms with Gasteiger partial charge in [0.2, 0.25) is 0 Å². The lowest BCUT2D eigenvalue weighted by Crippen LogP contribution is -2.38. The highest BCUT2D eigenvalue weighted by Crippen LogP contribution is 2.29. The predicted octanol–water partition coefficient (Wildman–Crippen LogP) is 3.21. The average Bonchev–Trinajstić information content (AvgIpc) is 2.92. The average molecular weight is 347 g/mol. The minimum absolute atomic E-state index is 0.197. The van der Waals surface area contributed by atoms with Gasteiger partial charge in [-0.15, -0.1) is 0 Å². The van der Waals surface area contributed by atoms with E-state index in [1.807, 2.05) is 39.0 Å². The van der Waals surface area contributed by atoms with Crippen molar-refractivity contribution in [2.75, 3.05) is 21.3 Å². The van der Waals surface area contributed by atoms with E-state index in [1.54, 1.807) is 26.2 Å². The summed E-state index contributed by atoms with van der Waals surface area (Å²) in [5.74, 6) is 2.13. The van der Waals surface area contributed by atoms with Crippen LogP contribution in [0.5, 0.6) is 11.5 Å². The second-order valence-corrected chi connectivity index (χ2v) is 5.94. The van der Waals surface area contributed by atoms with Crippen LogP contribution in [0.15, 0.2) is 22.7 Å². The highest BCUT2D eigenvalue weighted by Gasteiger charge is 2.19. The van der Waals surface area contributed by atoms with Gasteiger partial charge in [0.05, 0.1) is 32.5 Å². The Morgan fingerprint density at radius 2 is 2.04 bits per heavy atom. The first-order chi connectivity index (χ1) is 11.9. The summed E-state index contributed by atoms with van der Waals surface area (Å²) in [6, 6.07) is 5.06. The Morgan fingerprint density at radius 1 is 1.32 bits per heavy atom. The molecule has 25 heavy (non-hydrogen) atoms. The van der Waals surface area contributed by atoms with Crippen LogP contribution in [0.25, 0.3) is 0 Å². The summed E-state index contributed by atoms with van der Waals surface area (Å²) in [6.45, 7) is 6.03. The molecule has 0 saturated carbocycles. The molecule has 0 bridgehead atoms. The number of nitrogens with zero attached hydrogens (tertiary/aromatic N) is 2. The monoisotopic (exact) mass is 347 g/mol. The number of carbonyl (C=O) groups excluding carboxylic acids is 1. The third-order valence-electron chi connectivity index (χ3n) is 4.17. The normalized spacial score (nSPS) is 11.8. The fraction of sp³-hybridized carbons (Fsp3) is 0.444. The number of hydrogen-bond donors (Lipinski definition) is 1. The lowest BCUT2D eigenvalue weighted by Gasteiger charge is -2.23. The molecule has 2 aromatic rings. The lowest BCUT2D eigenvalue weighted by atomic mass is 10.1. The number of ether oxygens (including phenoxy) is 2. The van der Waals surface area contributed by atoms with Gasteiger partial charge in [0.1, 0.15) is 17.3 Å². The molecule has 0 aliphatic heterocycles. The number of carbonyl (C=O) groups is 1. The van der Waals surface area contributed by atoms with E-state index in [4.69, 9.17) is 14.0 Å². The van der Waals surface area contributed by atoms with Crippen molar-refractivity contribution in [3.8, 4) is 11.5 Å². The molecule has 7 heteroatoms. The van der Waals surface area contributed by atoms with E-state index in [0.717, 1.165) is 22.6 Å². The molecule has 2 rings (SSSR count). The Morgan fingerprint density at radius 3 is 2.60 bits per heavy atom. The lowest BCUT2D eigenvalue weighted by molar-refractivity contribution is 0.203. The molecular weight excluding hydrogens is 322 g/mol. The van der Waals surface area contributed by atoms with Crippen LogP contribution >= 0.6 is 0 Å². The molecule has 1 aromatic carbocycles. The van der Waals surface area contributed by atoms with E-state index in [-0.39, 0.29) is 12.1 Å². The van der Waals surface area contributed by atoms with Gasteiger partial charge in [-0.1, -0.05) is 5.16 Å². The second kappa shape index (κ2) is 7.92. The summed E-state index contributed by atoms with van der Waals surface area (Å²) in [7, 11) is 4.94. The predicted molar refractivity (Wildman–Crippen MR) is 93.9 cm³/mol. The van der Waals surface area contributed by atoms with Crippen molar-refractivity contribution < 1.29 is 18.8 Å². The van der Waals surface area contributed by atoms with Crippen molar-refractivity contribution in [2.45, 2.75) is 33.4 Å². The molecule has 1 N–H and O–H groups in total. The SMILES string of the molecule is COc1ccc(OC)c([C@@H](C)NC(=O)N(C)Cc2c(C)noc2C)c1. The Labute approximate surface area is 147 Å². The number of aryl methyl sites for hydroxylation is 2. The Bertz CT molecular complexity index is 722. The van der Waals surface area contributed by atoms with Crippen LogP contribution in [-0.2, 0) is 6.54 Å². The van der Waals surface area contributed by atoms with E-state index in [2.05, 4.69) is 10.5 Å². The van der Waals surface area contributed by atoms with Gasteiger partial charge in [0, 0.05) is 18.2 Å². The maximum absolute atomic E-state index is 12.5. The Hall–Kier alpha value is -2.70. The molecule has 0 aliphatic carbocycles. The van der Waals surface area contributed by atoms with Gasteiger partial charge in [0.15, 0.2) is 0 Å². The second-order valence-electron chi connectivity index (χ2n) is 5.94.